The number of hydrogen-bond donors (Lipinski definition) is 1. The fraction of sp³-hybridized carbons (Fsp3) is 0.222. The lowest BCUT2D eigenvalue weighted by Gasteiger charge is -2.03. The summed E-state index contributed by atoms with van der Waals surface area (Å²) in [7, 11) is 0. The summed E-state index contributed by atoms with van der Waals surface area (Å²) in [6.07, 6.45) is 0. The second-order valence-corrected chi connectivity index (χ2v) is 3.87. The van der Waals surface area contributed by atoms with Crippen LogP contribution in [-0.2, 0) is 0 Å². The number of nitrogens with zero attached hydrogens (tertiary/aromatic N) is 1. The maximum Gasteiger partial charge on any atom is 0.115 e. The Bertz CT molecular complexity index is 375. The quantitative estimate of drug-likeness (QED) is 0.487. The third kappa shape index (κ3) is 2.77. The Morgan fingerprint density at radius 2 is 2.00 bits per heavy atom. The van der Waals surface area contributed by atoms with Gasteiger partial charge in [-0.3, -0.25) is 0 Å². The molecule has 1 aromatic carbocycles. The first-order chi connectivity index (χ1) is 6.54. The van der Waals surface area contributed by atoms with Crippen LogP contribution in [0, 0.1) is 6.92 Å². The normalized spacial score (nSPS) is 11.9. The molecule has 0 bridgehead atoms. The summed E-state index contributed by atoms with van der Waals surface area (Å²) < 4.78 is 0. The minimum Gasteiger partial charge on any atom is -0.386 e. The van der Waals surface area contributed by atoms with Crippen molar-refractivity contribution in [3.8, 4) is 0 Å². The minimum atomic E-state index is 0.179. The van der Waals surface area contributed by atoms with Crippen LogP contribution < -0.4 is 5.73 Å². The fourth-order valence-corrected chi connectivity index (χ4v) is 1.40. The molecule has 0 heterocycles. The van der Waals surface area contributed by atoms with E-state index in [0.29, 0.717) is 21.6 Å². The van der Waals surface area contributed by atoms with Gasteiger partial charge >= 0.3 is 0 Å². The van der Waals surface area contributed by atoms with Crippen LogP contribution in [0.5, 0.6) is 0 Å². The molecule has 0 amide bonds. The van der Waals surface area contributed by atoms with Gasteiger partial charge in [-0.15, -0.1) is 11.6 Å². The molecule has 76 valence electrons. The molecule has 5 heteroatoms. The molecule has 0 unspecified atom stereocenters. The smallest absolute Gasteiger partial charge is 0.115 e. The monoisotopic (exact) mass is 250 g/mol. The van der Waals surface area contributed by atoms with E-state index in [9.17, 15) is 0 Å². The third-order valence-corrected chi connectivity index (χ3v) is 2.61. The lowest BCUT2D eigenvalue weighted by molar-refractivity contribution is 1.40. The predicted octanol–water partition coefficient (Wildman–Crippen LogP) is 3.53. The number of benzene rings is 1. The lowest BCUT2D eigenvalue weighted by Crippen LogP contribution is -2.12. The molecule has 0 aliphatic rings. The highest BCUT2D eigenvalue weighted by Gasteiger charge is 2.03. The molecule has 0 atom stereocenters. The van der Waals surface area contributed by atoms with E-state index in [2.05, 4.69) is 4.99 Å². The van der Waals surface area contributed by atoms with Crippen molar-refractivity contribution < 1.29 is 0 Å². The highest BCUT2D eigenvalue weighted by Crippen LogP contribution is 2.30. The van der Waals surface area contributed by atoms with Crippen LogP contribution in [0.1, 0.15) is 5.56 Å². The maximum atomic E-state index is 5.91. The van der Waals surface area contributed by atoms with Gasteiger partial charge in [0.2, 0.25) is 0 Å². The zero-order valence-electron chi connectivity index (χ0n) is 7.52. The molecular formula is C9H9Cl3N2. The first kappa shape index (κ1) is 11.6. The average molecular weight is 252 g/mol. The van der Waals surface area contributed by atoms with Crippen molar-refractivity contribution in [2.24, 2.45) is 10.7 Å². The Balaban J connectivity index is 3.16. The van der Waals surface area contributed by atoms with E-state index in [1.165, 1.54) is 0 Å². The van der Waals surface area contributed by atoms with Crippen LogP contribution in [0.15, 0.2) is 17.1 Å². The number of hydrogen-bond acceptors (Lipinski definition) is 1. The third-order valence-electron chi connectivity index (χ3n) is 1.63. The molecule has 1 rings (SSSR count). The number of rotatable bonds is 2. The van der Waals surface area contributed by atoms with Gasteiger partial charge in [-0.05, 0) is 24.6 Å². The summed E-state index contributed by atoms with van der Waals surface area (Å²) in [6.45, 7) is 1.87. The number of aryl methyl sites for hydroxylation is 1. The molecule has 0 aliphatic carbocycles. The fourth-order valence-electron chi connectivity index (χ4n) is 0.912. The summed E-state index contributed by atoms with van der Waals surface area (Å²) in [6, 6.07) is 3.41. The van der Waals surface area contributed by atoms with E-state index in [-0.39, 0.29) is 5.88 Å². The molecule has 2 nitrogen and oxygen atoms in total. The summed E-state index contributed by atoms with van der Waals surface area (Å²) in [5.74, 6) is 0.508. The Morgan fingerprint density at radius 3 is 2.57 bits per heavy atom. The molecule has 0 aromatic heterocycles. The molecule has 2 N–H and O–H groups in total. The number of nitrogens with two attached hydrogens (primary N) is 1. The molecule has 0 radical (unpaired) electrons. The zero-order valence-corrected chi connectivity index (χ0v) is 9.79. The van der Waals surface area contributed by atoms with Crippen LogP contribution in [0.4, 0.5) is 5.69 Å². The number of alkyl halides is 1. The van der Waals surface area contributed by atoms with Crippen molar-refractivity contribution in [2.45, 2.75) is 6.92 Å². The van der Waals surface area contributed by atoms with Gasteiger partial charge in [0, 0.05) is 5.02 Å². The zero-order chi connectivity index (χ0) is 10.7. The van der Waals surface area contributed by atoms with Crippen molar-refractivity contribution in [3.63, 3.8) is 0 Å². The number of amidine groups is 1. The molecule has 0 saturated heterocycles. The van der Waals surface area contributed by atoms with Gasteiger partial charge in [0.15, 0.2) is 0 Å². The van der Waals surface area contributed by atoms with Crippen LogP contribution in [0.25, 0.3) is 0 Å². The summed E-state index contributed by atoms with van der Waals surface area (Å²) in [5, 5.41) is 1.08. The highest BCUT2D eigenvalue weighted by atomic mass is 35.5. The van der Waals surface area contributed by atoms with Gasteiger partial charge in [-0.25, -0.2) is 4.99 Å². The molecule has 1 aromatic rings. The Morgan fingerprint density at radius 1 is 1.36 bits per heavy atom. The van der Waals surface area contributed by atoms with Crippen LogP contribution in [0.2, 0.25) is 10.0 Å². The Kier molecular flexibility index (Phi) is 4.05. The van der Waals surface area contributed by atoms with Gasteiger partial charge in [-0.2, -0.15) is 0 Å². The van der Waals surface area contributed by atoms with E-state index in [4.69, 9.17) is 40.5 Å². The molecule has 0 aliphatic heterocycles. The standard InChI is InChI=1S/C9H9Cl3N2/c1-5-2-8(14-9(13)4-10)7(12)3-6(5)11/h2-3H,4H2,1H3,(H2,13,14). The van der Waals surface area contributed by atoms with Crippen molar-refractivity contribution in [3.05, 3.63) is 27.7 Å². The van der Waals surface area contributed by atoms with E-state index in [1.54, 1.807) is 12.1 Å². The van der Waals surface area contributed by atoms with Crippen molar-refractivity contribution in [2.75, 3.05) is 5.88 Å². The maximum absolute atomic E-state index is 5.91. The van der Waals surface area contributed by atoms with Gasteiger partial charge < -0.3 is 5.73 Å². The number of halogens is 3. The van der Waals surface area contributed by atoms with Crippen molar-refractivity contribution >= 4 is 46.3 Å². The van der Waals surface area contributed by atoms with Gasteiger partial charge in [0.05, 0.1) is 16.6 Å². The van der Waals surface area contributed by atoms with Gasteiger partial charge in [0.1, 0.15) is 5.84 Å². The van der Waals surface area contributed by atoms with Crippen LogP contribution in [-0.4, -0.2) is 11.7 Å². The molecular weight excluding hydrogens is 242 g/mol. The largest absolute Gasteiger partial charge is 0.386 e. The lowest BCUT2D eigenvalue weighted by atomic mass is 10.2. The molecule has 0 saturated carbocycles. The number of aliphatic imine (C=N–C) groups is 1. The van der Waals surface area contributed by atoms with Gasteiger partial charge in [-0.1, -0.05) is 23.2 Å². The summed E-state index contributed by atoms with van der Waals surface area (Å²) in [5.41, 5.74) is 6.98. The Hall–Kier alpha value is -0.440. The first-order valence-electron chi connectivity index (χ1n) is 3.89. The van der Waals surface area contributed by atoms with Crippen LogP contribution >= 0.6 is 34.8 Å². The minimum absolute atomic E-state index is 0.179. The topological polar surface area (TPSA) is 38.4 Å². The summed E-state index contributed by atoms with van der Waals surface area (Å²) >= 11 is 17.3. The van der Waals surface area contributed by atoms with Crippen LogP contribution in [0.3, 0.4) is 0 Å². The SMILES string of the molecule is Cc1cc(N=C(N)CCl)c(Cl)cc1Cl. The van der Waals surface area contributed by atoms with E-state index < -0.39 is 0 Å². The molecule has 0 spiro atoms. The molecule has 0 fully saturated rings. The Labute approximate surface area is 97.7 Å². The van der Waals surface area contributed by atoms with E-state index in [1.807, 2.05) is 6.92 Å². The van der Waals surface area contributed by atoms with Crippen molar-refractivity contribution in [1.82, 2.24) is 0 Å². The van der Waals surface area contributed by atoms with Crippen molar-refractivity contribution in [1.29, 1.82) is 0 Å². The predicted molar refractivity (Wildman–Crippen MR) is 63.2 cm³/mol. The molecule has 14 heavy (non-hydrogen) atoms. The van der Waals surface area contributed by atoms with Gasteiger partial charge in [0.25, 0.3) is 0 Å². The average Bonchev–Trinajstić information content (AvgIpc) is 2.14. The van der Waals surface area contributed by atoms with E-state index in [0.717, 1.165) is 5.56 Å². The highest BCUT2D eigenvalue weighted by molar-refractivity contribution is 6.36. The first-order valence-corrected chi connectivity index (χ1v) is 5.18. The second kappa shape index (κ2) is 4.87. The summed E-state index contributed by atoms with van der Waals surface area (Å²) in [4.78, 5) is 4.05. The van der Waals surface area contributed by atoms with E-state index >= 15 is 0 Å². The second-order valence-electron chi connectivity index (χ2n) is 2.79.